The van der Waals surface area contributed by atoms with Crippen LogP contribution < -0.4 is 5.32 Å². The zero-order valence-corrected chi connectivity index (χ0v) is 12.2. The largest absolute Gasteiger partial charge is 0.465 e. The molecule has 1 rings (SSSR count). The van der Waals surface area contributed by atoms with E-state index in [9.17, 15) is 4.79 Å². The van der Waals surface area contributed by atoms with Gasteiger partial charge in [0.1, 0.15) is 0 Å². The lowest BCUT2D eigenvalue weighted by atomic mass is 9.86. The van der Waals surface area contributed by atoms with Crippen molar-refractivity contribution in [3.8, 4) is 0 Å². The molecule has 0 aromatic rings. The van der Waals surface area contributed by atoms with Gasteiger partial charge in [-0.1, -0.05) is 20.3 Å². The molecule has 4 heteroatoms. The number of piperazine rings is 1. The third kappa shape index (κ3) is 3.95. The summed E-state index contributed by atoms with van der Waals surface area (Å²) in [6, 6.07) is 0. The molecule has 1 radical (unpaired) electrons. The maximum absolute atomic E-state index is 12.0. The molecule has 0 saturated carbocycles. The summed E-state index contributed by atoms with van der Waals surface area (Å²) in [6.45, 7) is 12.5. The van der Waals surface area contributed by atoms with Crippen LogP contribution in [0.25, 0.3) is 0 Å². The molecule has 1 aliphatic rings. The third-order valence-electron chi connectivity index (χ3n) is 4.03. The number of hydrogen-bond acceptors (Lipinski definition) is 3. The van der Waals surface area contributed by atoms with Crippen LogP contribution in [-0.2, 0) is 9.53 Å². The summed E-state index contributed by atoms with van der Waals surface area (Å²) in [4.78, 5) is 14.4. The average Bonchev–Trinajstić information content (AvgIpc) is 2.39. The van der Waals surface area contributed by atoms with E-state index in [0.717, 1.165) is 39.0 Å². The molecule has 1 aliphatic heterocycles. The highest BCUT2D eigenvalue weighted by atomic mass is 16.5. The SMILES string of the molecule is CCCCOC(=O)C(C)C(C)(C)N1CC[N]CC1. The second-order valence-electron chi connectivity index (χ2n) is 5.55. The van der Waals surface area contributed by atoms with E-state index < -0.39 is 0 Å². The fourth-order valence-electron chi connectivity index (χ4n) is 2.19. The standard InChI is InChI=1S/C14H27N2O2/c1-5-6-11-18-13(17)12(2)14(3,4)16-9-7-15-8-10-16/h12H,5-11H2,1-4H3. The van der Waals surface area contributed by atoms with Gasteiger partial charge in [-0.25, -0.2) is 5.32 Å². The number of unbranched alkanes of at least 4 members (excludes halogenated alkanes) is 1. The van der Waals surface area contributed by atoms with Gasteiger partial charge < -0.3 is 4.74 Å². The van der Waals surface area contributed by atoms with E-state index in [4.69, 9.17) is 4.74 Å². The quantitative estimate of drug-likeness (QED) is 0.535. The van der Waals surface area contributed by atoms with Crippen molar-refractivity contribution in [2.45, 2.75) is 46.1 Å². The van der Waals surface area contributed by atoms with Crippen molar-refractivity contribution < 1.29 is 9.53 Å². The predicted molar refractivity (Wildman–Crippen MR) is 72.6 cm³/mol. The van der Waals surface area contributed by atoms with E-state index in [1.54, 1.807) is 0 Å². The molecule has 1 fully saturated rings. The number of hydrogen-bond donors (Lipinski definition) is 0. The first-order valence-electron chi connectivity index (χ1n) is 7.05. The van der Waals surface area contributed by atoms with E-state index in [1.165, 1.54) is 0 Å². The monoisotopic (exact) mass is 255 g/mol. The topological polar surface area (TPSA) is 43.6 Å². The molecule has 4 nitrogen and oxygen atoms in total. The second kappa shape index (κ2) is 7.10. The van der Waals surface area contributed by atoms with Crippen molar-refractivity contribution in [1.82, 2.24) is 10.2 Å². The molecule has 0 aliphatic carbocycles. The number of carbonyl (C=O) groups is 1. The van der Waals surface area contributed by atoms with Gasteiger partial charge in [0, 0.05) is 31.7 Å². The van der Waals surface area contributed by atoms with Gasteiger partial charge in [0.25, 0.3) is 0 Å². The first kappa shape index (κ1) is 15.4. The van der Waals surface area contributed by atoms with E-state index in [2.05, 4.69) is 31.0 Å². The highest BCUT2D eigenvalue weighted by Gasteiger charge is 2.38. The molecule has 18 heavy (non-hydrogen) atoms. The first-order valence-corrected chi connectivity index (χ1v) is 7.05. The van der Waals surface area contributed by atoms with Gasteiger partial charge in [-0.05, 0) is 20.3 Å². The molecule has 0 amide bonds. The Balaban J connectivity index is 2.50. The summed E-state index contributed by atoms with van der Waals surface area (Å²) in [5.41, 5.74) is -0.154. The van der Waals surface area contributed by atoms with Crippen LogP contribution in [-0.4, -0.2) is 49.2 Å². The van der Waals surface area contributed by atoms with Crippen molar-refractivity contribution in [2.75, 3.05) is 32.8 Å². The lowest BCUT2D eigenvalue weighted by Gasteiger charge is -2.43. The van der Waals surface area contributed by atoms with Gasteiger partial charge in [0.2, 0.25) is 0 Å². The van der Waals surface area contributed by atoms with Gasteiger partial charge in [-0.3, -0.25) is 9.69 Å². The van der Waals surface area contributed by atoms with Crippen LogP contribution >= 0.6 is 0 Å². The highest BCUT2D eigenvalue weighted by molar-refractivity contribution is 5.73. The van der Waals surface area contributed by atoms with Gasteiger partial charge in [0.15, 0.2) is 0 Å². The average molecular weight is 255 g/mol. The molecule has 0 N–H and O–H groups in total. The van der Waals surface area contributed by atoms with E-state index in [0.29, 0.717) is 6.61 Å². The maximum atomic E-state index is 12.0. The predicted octanol–water partition coefficient (Wildman–Crippen LogP) is 1.66. The second-order valence-corrected chi connectivity index (χ2v) is 5.55. The number of ether oxygens (including phenoxy) is 1. The molecule has 1 saturated heterocycles. The van der Waals surface area contributed by atoms with Crippen molar-refractivity contribution in [3.63, 3.8) is 0 Å². The van der Waals surface area contributed by atoms with Gasteiger partial charge in [0.05, 0.1) is 12.5 Å². The van der Waals surface area contributed by atoms with E-state index >= 15 is 0 Å². The Bertz CT molecular complexity index is 261. The molecule has 0 spiro atoms. The first-order chi connectivity index (χ1) is 8.50. The van der Waals surface area contributed by atoms with Crippen molar-refractivity contribution in [1.29, 1.82) is 0 Å². The van der Waals surface area contributed by atoms with E-state index in [1.807, 2.05) is 6.92 Å². The fourth-order valence-corrected chi connectivity index (χ4v) is 2.19. The number of esters is 1. The zero-order chi connectivity index (χ0) is 13.6. The van der Waals surface area contributed by atoms with E-state index in [-0.39, 0.29) is 17.4 Å². The third-order valence-corrected chi connectivity index (χ3v) is 4.03. The summed E-state index contributed by atoms with van der Waals surface area (Å²) in [7, 11) is 0. The highest BCUT2D eigenvalue weighted by Crippen LogP contribution is 2.26. The molecule has 1 atom stereocenters. The van der Waals surface area contributed by atoms with Crippen LogP contribution in [0.4, 0.5) is 0 Å². The smallest absolute Gasteiger partial charge is 0.310 e. The van der Waals surface area contributed by atoms with Crippen LogP contribution in [0.5, 0.6) is 0 Å². The summed E-state index contributed by atoms with van der Waals surface area (Å²) < 4.78 is 5.33. The maximum Gasteiger partial charge on any atom is 0.310 e. The molecule has 1 unspecified atom stereocenters. The minimum atomic E-state index is -0.154. The Kier molecular flexibility index (Phi) is 6.09. The minimum absolute atomic E-state index is 0.0732. The summed E-state index contributed by atoms with van der Waals surface area (Å²) >= 11 is 0. The Morgan fingerprint density at radius 3 is 2.56 bits per heavy atom. The van der Waals surface area contributed by atoms with Crippen LogP contribution in [0, 0.1) is 5.92 Å². The Labute approximate surface area is 111 Å². The Morgan fingerprint density at radius 1 is 1.39 bits per heavy atom. The molecule has 1 heterocycles. The fraction of sp³-hybridized carbons (Fsp3) is 0.929. The van der Waals surface area contributed by atoms with Crippen LogP contribution in [0.3, 0.4) is 0 Å². The van der Waals surface area contributed by atoms with Crippen LogP contribution in [0.1, 0.15) is 40.5 Å². The Morgan fingerprint density at radius 2 is 2.00 bits per heavy atom. The normalized spacial score (nSPS) is 19.6. The van der Waals surface area contributed by atoms with Gasteiger partial charge in [-0.15, -0.1) is 0 Å². The molecular weight excluding hydrogens is 228 g/mol. The van der Waals surface area contributed by atoms with Crippen molar-refractivity contribution in [2.24, 2.45) is 5.92 Å². The summed E-state index contributed by atoms with van der Waals surface area (Å²) in [6.07, 6.45) is 2.00. The number of nitrogens with zero attached hydrogens (tertiary/aromatic N) is 2. The van der Waals surface area contributed by atoms with Crippen LogP contribution in [0.15, 0.2) is 0 Å². The molecule has 105 valence electrons. The summed E-state index contributed by atoms with van der Waals surface area (Å²) in [5.74, 6) is -0.177. The van der Waals surface area contributed by atoms with Gasteiger partial charge in [-0.2, -0.15) is 0 Å². The number of carbonyl (C=O) groups excluding carboxylic acids is 1. The summed E-state index contributed by atoms with van der Waals surface area (Å²) in [5, 5.41) is 4.35. The minimum Gasteiger partial charge on any atom is -0.465 e. The molecule has 0 bridgehead atoms. The molecule has 0 aromatic heterocycles. The molecule has 0 aromatic carbocycles. The Hall–Kier alpha value is -0.610. The van der Waals surface area contributed by atoms with Crippen LogP contribution in [0.2, 0.25) is 0 Å². The lowest BCUT2D eigenvalue weighted by Crippen LogP contribution is -2.56. The van der Waals surface area contributed by atoms with Crippen molar-refractivity contribution in [3.05, 3.63) is 0 Å². The van der Waals surface area contributed by atoms with Crippen molar-refractivity contribution >= 4 is 5.97 Å². The van der Waals surface area contributed by atoms with Gasteiger partial charge >= 0.3 is 5.97 Å². The molecular formula is C14H27N2O2. The lowest BCUT2D eigenvalue weighted by molar-refractivity contribution is -0.153. The number of rotatable bonds is 6. The zero-order valence-electron chi connectivity index (χ0n) is 12.2.